The molecule has 1 fully saturated rings. The molecule has 1 amide bonds. The van der Waals surface area contributed by atoms with Crippen molar-refractivity contribution in [1.82, 2.24) is 19.4 Å². The van der Waals surface area contributed by atoms with Gasteiger partial charge in [-0.1, -0.05) is 11.6 Å². The van der Waals surface area contributed by atoms with E-state index < -0.39 is 0 Å². The molecule has 0 N–H and O–H groups in total. The molecule has 138 valence electrons. The van der Waals surface area contributed by atoms with Crippen LogP contribution in [0, 0.1) is 0 Å². The first-order chi connectivity index (χ1) is 12.4. The van der Waals surface area contributed by atoms with E-state index in [4.69, 9.17) is 16.6 Å². The zero-order chi connectivity index (χ0) is 18.5. The predicted molar refractivity (Wildman–Crippen MR) is 102 cm³/mol. The molecular weight excluding hydrogens is 350 g/mol. The number of likely N-dealkylation sites (tertiary alicyclic amines) is 1. The summed E-state index contributed by atoms with van der Waals surface area (Å²) in [6.45, 7) is 1.50. The molecule has 2 aliphatic rings. The van der Waals surface area contributed by atoms with Crippen LogP contribution in [0.2, 0.25) is 5.02 Å². The standard InChI is InChI=1S/C19H24ClN5O/c1-23(2)18-21-10-13-5-7-19(16(13)22-18)6-4-8-25(12-19)17(26)15-9-14(20)11-24(15)3/h9-11H,4-8,12H2,1-3H3. The van der Waals surface area contributed by atoms with Gasteiger partial charge in [0.05, 0.1) is 10.7 Å². The van der Waals surface area contributed by atoms with E-state index in [1.54, 1.807) is 16.8 Å². The molecule has 2 aromatic rings. The van der Waals surface area contributed by atoms with Crippen molar-refractivity contribution in [2.45, 2.75) is 31.1 Å². The van der Waals surface area contributed by atoms with E-state index in [9.17, 15) is 4.79 Å². The second kappa shape index (κ2) is 6.27. The predicted octanol–water partition coefficient (Wildman–Crippen LogP) is 2.65. The van der Waals surface area contributed by atoms with E-state index in [-0.39, 0.29) is 11.3 Å². The summed E-state index contributed by atoms with van der Waals surface area (Å²) in [4.78, 5) is 26.3. The lowest BCUT2D eigenvalue weighted by Gasteiger charge is -2.40. The topological polar surface area (TPSA) is 54.3 Å². The summed E-state index contributed by atoms with van der Waals surface area (Å²) in [6.07, 6.45) is 7.82. The van der Waals surface area contributed by atoms with Gasteiger partial charge in [-0.2, -0.15) is 0 Å². The lowest BCUT2D eigenvalue weighted by molar-refractivity contribution is 0.0624. The molecule has 2 aromatic heterocycles. The van der Waals surface area contributed by atoms with Gasteiger partial charge in [-0.3, -0.25) is 4.79 Å². The van der Waals surface area contributed by atoms with Crippen molar-refractivity contribution in [3.63, 3.8) is 0 Å². The monoisotopic (exact) mass is 373 g/mol. The van der Waals surface area contributed by atoms with Gasteiger partial charge in [-0.15, -0.1) is 0 Å². The van der Waals surface area contributed by atoms with Crippen LogP contribution in [0.5, 0.6) is 0 Å². The van der Waals surface area contributed by atoms with E-state index in [2.05, 4.69) is 4.98 Å². The minimum Gasteiger partial charge on any atom is -0.347 e. The molecule has 26 heavy (non-hydrogen) atoms. The summed E-state index contributed by atoms with van der Waals surface area (Å²) < 4.78 is 1.81. The van der Waals surface area contributed by atoms with Gasteiger partial charge in [0.15, 0.2) is 0 Å². The third kappa shape index (κ3) is 2.76. The molecule has 3 heterocycles. The number of amides is 1. The lowest BCUT2D eigenvalue weighted by Crippen LogP contribution is -2.48. The van der Waals surface area contributed by atoms with Gasteiger partial charge in [0.2, 0.25) is 5.95 Å². The van der Waals surface area contributed by atoms with E-state index in [1.165, 1.54) is 5.56 Å². The van der Waals surface area contributed by atoms with Crippen molar-refractivity contribution in [2.75, 3.05) is 32.1 Å². The SMILES string of the molecule is CN(C)c1ncc2c(n1)C1(CCCN(C(=O)c3cc(Cl)cn3C)C1)CC2. The van der Waals surface area contributed by atoms with E-state index in [1.807, 2.05) is 37.1 Å². The average molecular weight is 374 g/mol. The van der Waals surface area contributed by atoms with Crippen molar-refractivity contribution >= 4 is 23.5 Å². The Morgan fingerprint density at radius 2 is 2.15 bits per heavy atom. The van der Waals surface area contributed by atoms with Crippen LogP contribution in [0.3, 0.4) is 0 Å². The van der Waals surface area contributed by atoms with Crippen LogP contribution in [-0.4, -0.2) is 52.5 Å². The number of nitrogens with zero attached hydrogens (tertiary/aromatic N) is 5. The summed E-state index contributed by atoms with van der Waals surface area (Å²) >= 11 is 6.07. The Labute approximate surface area is 158 Å². The number of aromatic nitrogens is 3. The normalized spacial score (nSPS) is 21.9. The zero-order valence-electron chi connectivity index (χ0n) is 15.5. The number of piperidine rings is 1. The van der Waals surface area contributed by atoms with Gasteiger partial charge in [0, 0.05) is 52.0 Å². The smallest absolute Gasteiger partial charge is 0.270 e. The van der Waals surface area contributed by atoms with Crippen LogP contribution in [0.4, 0.5) is 5.95 Å². The quantitative estimate of drug-likeness (QED) is 0.812. The summed E-state index contributed by atoms with van der Waals surface area (Å²) in [5.74, 6) is 0.788. The Bertz CT molecular complexity index is 858. The molecule has 1 aliphatic carbocycles. The largest absolute Gasteiger partial charge is 0.347 e. The minimum absolute atomic E-state index is 0.0497. The molecule has 7 heteroatoms. The highest BCUT2D eigenvalue weighted by atomic mass is 35.5. The van der Waals surface area contributed by atoms with Crippen LogP contribution < -0.4 is 4.90 Å². The maximum absolute atomic E-state index is 13.1. The van der Waals surface area contributed by atoms with E-state index in [0.29, 0.717) is 17.3 Å². The van der Waals surface area contributed by atoms with Gasteiger partial charge in [-0.05, 0) is 37.3 Å². The molecule has 1 atom stereocenters. The zero-order valence-corrected chi connectivity index (χ0v) is 16.3. The molecule has 1 unspecified atom stereocenters. The highest BCUT2D eigenvalue weighted by Crippen LogP contribution is 2.44. The summed E-state index contributed by atoms with van der Waals surface area (Å²) in [6, 6.07) is 1.75. The van der Waals surface area contributed by atoms with Crippen LogP contribution in [0.25, 0.3) is 0 Å². The summed E-state index contributed by atoms with van der Waals surface area (Å²) in [5, 5.41) is 0.595. The van der Waals surface area contributed by atoms with Crippen LogP contribution in [0.15, 0.2) is 18.5 Å². The number of rotatable bonds is 2. The van der Waals surface area contributed by atoms with Gasteiger partial charge in [-0.25, -0.2) is 9.97 Å². The fraction of sp³-hybridized carbons (Fsp3) is 0.526. The molecular formula is C19H24ClN5O. The van der Waals surface area contributed by atoms with Crippen molar-refractivity contribution in [1.29, 1.82) is 0 Å². The molecule has 1 aliphatic heterocycles. The van der Waals surface area contributed by atoms with Crippen LogP contribution >= 0.6 is 11.6 Å². The fourth-order valence-corrected chi connectivity index (χ4v) is 4.60. The number of anilines is 1. The van der Waals surface area contributed by atoms with E-state index >= 15 is 0 Å². The third-order valence-electron chi connectivity index (χ3n) is 5.68. The maximum Gasteiger partial charge on any atom is 0.270 e. The van der Waals surface area contributed by atoms with Gasteiger partial charge in [0.1, 0.15) is 5.69 Å². The summed E-state index contributed by atoms with van der Waals surface area (Å²) in [5.41, 5.74) is 2.96. The molecule has 1 spiro atoms. The number of fused-ring (bicyclic) bond motifs is 2. The van der Waals surface area contributed by atoms with E-state index in [0.717, 1.165) is 43.9 Å². The van der Waals surface area contributed by atoms with Crippen LogP contribution in [0.1, 0.15) is 41.0 Å². The van der Waals surface area contributed by atoms with Crippen molar-refractivity contribution in [2.24, 2.45) is 7.05 Å². The maximum atomic E-state index is 13.1. The number of carbonyl (C=O) groups is 1. The number of hydrogen-bond acceptors (Lipinski definition) is 4. The molecule has 6 nitrogen and oxygen atoms in total. The fourth-order valence-electron chi connectivity index (χ4n) is 4.35. The Balaban J connectivity index is 1.65. The molecule has 4 rings (SSSR count). The third-order valence-corrected chi connectivity index (χ3v) is 5.89. The number of hydrogen-bond donors (Lipinski definition) is 0. The van der Waals surface area contributed by atoms with Gasteiger partial charge < -0.3 is 14.4 Å². The average Bonchev–Trinajstić information content (AvgIpc) is 3.14. The molecule has 0 saturated carbocycles. The lowest BCUT2D eigenvalue weighted by atomic mass is 9.77. The number of aryl methyl sites for hydroxylation is 2. The highest BCUT2D eigenvalue weighted by molar-refractivity contribution is 6.31. The summed E-state index contributed by atoms with van der Waals surface area (Å²) in [7, 11) is 5.78. The van der Waals surface area contributed by atoms with Crippen molar-refractivity contribution < 1.29 is 4.79 Å². The first-order valence-electron chi connectivity index (χ1n) is 9.04. The Morgan fingerprint density at radius 1 is 1.35 bits per heavy atom. The molecule has 0 radical (unpaired) electrons. The Hall–Kier alpha value is -2.08. The van der Waals surface area contributed by atoms with Crippen molar-refractivity contribution in [3.05, 3.63) is 40.4 Å². The number of halogens is 1. The first-order valence-corrected chi connectivity index (χ1v) is 9.42. The Kier molecular flexibility index (Phi) is 4.18. The molecule has 0 bridgehead atoms. The molecule has 1 saturated heterocycles. The van der Waals surface area contributed by atoms with Gasteiger partial charge in [0.25, 0.3) is 5.91 Å². The number of carbonyl (C=O) groups excluding carboxylic acids is 1. The van der Waals surface area contributed by atoms with Gasteiger partial charge >= 0.3 is 0 Å². The second-order valence-corrected chi connectivity index (χ2v) is 8.14. The highest BCUT2D eigenvalue weighted by Gasteiger charge is 2.45. The molecule has 0 aromatic carbocycles. The Morgan fingerprint density at radius 3 is 2.85 bits per heavy atom. The van der Waals surface area contributed by atoms with Crippen LogP contribution in [-0.2, 0) is 18.9 Å². The van der Waals surface area contributed by atoms with Crippen molar-refractivity contribution in [3.8, 4) is 0 Å². The minimum atomic E-state index is -0.0497. The first kappa shape index (κ1) is 17.3. The second-order valence-electron chi connectivity index (χ2n) is 7.70.